The number of anilines is 1. The van der Waals surface area contributed by atoms with E-state index in [0.717, 1.165) is 22.3 Å². The number of hydrogen-bond donors (Lipinski definition) is 3. The van der Waals surface area contributed by atoms with Crippen LogP contribution in [0.3, 0.4) is 0 Å². The van der Waals surface area contributed by atoms with Gasteiger partial charge in [-0.3, -0.25) is 9.48 Å². The first kappa shape index (κ1) is 14.8. The predicted octanol–water partition coefficient (Wildman–Crippen LogP) is 1.42. The van der Waals surface area contributed by atoms with E-state index in [1.165, 1.54) is 11.3 Å². The van der Waals surface area contributed by atoms with Gasteiger partial charge in [0.1, 0.15) is 9.71 Å². The van der Waals surface area contributed by atoms with Crippen LogP contribution in [0.4, 0.5) is 5.69 Å². The van der Waals surface area contributed by atoms with Gasteiger partial charge in [0.25, 0.3) is 5.91 Å². The van der Waals surface area contributed by atoms with E-state index < -0.39 is 0 Å². The number of aryl methyl sites for hydroxylation is 2. The molecule has 20 heavy (non-hydrogen) atoms. The van der Waals surface area contributed by atoms with Gasteiger partial charge in [-0.15, -0.1) is 11.3 Å². The monoisotopic (exact) mass is 296 g/mol. The molecule has 0 saturated carbocycles. The third-order valence-electron chi connectivity index (χ3n) is 3.26. The lowest BCUT2D eigenvalue weighted by atomic mass is 10.2. The summed E-state index contributed by atoms with van der Waals surface area (Å²) in [6.07, 6.45) is 1.42. The Balaban J connectivity index is 2.22. The molecule has 2 aromatic heterocycles. The average Bonchev–Trinajstić information content (AvgIpc) is 2.87. The summed E-state index contributed by atoms with van der Waals surface area (Å²) in [7, 11) is 1.84. The van der Waals surface area contributed by atoms with Crippen molar-refractivity contribution in [3.05, 3.63) is 10.6 Å². The zero-order chi connectivity index (χ0) is 14.9. The molecule has 0 aliphatic heterocycles. The lowest BCUT2D eigenvalue weighted by Gasteiger charge is -2.12. The van der Waals surface area contributed by atoms with Crippen LogP contribution in [0.5, 0.6) is 0 Å². The van der Waals surface area contributed by atoms with E-state index >= 15 is 0 Å². The van der Waals surface area contributed by atoms with Gasteiger partial charge in [-0.25, -0.2) is 0 Å². The number of rotatable bonds is 5. The van der Waals surface area contributed by atoms with Gasteiger partial charge in [-0.05, 0) is 26.7 Å². The highest BCUT2D eigenvalue weighted by atomic mass is 32.1. The Morgan fingerprint density at radius 2 is 2.30 bits per heavy atom. The molecule has 110 valence electrons. The molecule has 0 fully saturated rings. The molecule has 1 unspecified atom stereocenters. The maximum Gasteiger partial charge on any atom is 0.263 e. The number of carbonyl (C=O) groups is 1. The van der Waals surface area contributed by atoms with Crippen molar-refractivity contribution in [1.29, 1.82) is 0 Å². The van der Waals surface area contributed by atoms with Crippen LogP contribution in [0.15, 0.2) is 0 Å². The molecule has 0 aromatic carbocycles. The molecule has 2 aromatic rings. The van der Waals surface area contributed by atoms with Crippen molar-refractivity contribution in [3.63, 3.8) is 0 Å². The number of nitrogen functional groups attached to an aromatic ring is 1. The number of thiophene rings is 1. The summed E-state index contributed by atoms with van der Waals surface area (Å²) in [5.74, 6) is -0.159. The molecule has 0 aliphatic rings. The first-order valence-corrected chi connectivity index (χ1v) is 7.40. The standard InChI is InChI=1S/C13H20N4O2S/c1-7(5-4-6-18)15-12(19)11-10(14)9-8(2)16-17(3)13(9)20-11/h7,18H,4-6,14H2,1-3H3,(H,15,19). The van der Waals surface area contributed by atoms with Crippen LogP contribution >= 0.6 is 11.3 Å². The molecule has 2 heterocycles. The summed E-state index contributed by atoms with van der Waals surface area (Å²) in [5, 5.41) is 16.9. The smallest absolute Gasteiger partial charge is 0.263 e. The second kappa shape index (κ2) is 5.80. The van der Waals surface area contributed by atoms with Crippen molar-refractivity contribution in [2.45, 2.75) is 32.7 Å². The number of fused-ring (bicyclic) bond motifs is 1. The van der Waals surface area contributed by atoms with Gasteiger partial charge in [0.2, 0.25) is 0 Å². The fraction of sp³-hybridized carbons (Fsp3) is 0.538. The minimum absolute atomic E-state index is 0.0125. The molecule has 0 radical (unpaired) electrons. The molecule has 6 nitrogen and oxygen atoms in total. The summed E-state index contributed by atoms with van der Waals surface area (Å²) in [6, 6.07) is 0.0125. The van der Waals surface area contributed by atoms with E-state index in [9.17, 15) is 4.79 Å². The fourth-order valence-electron chi connectivity index (χ4n) is 2.26. The van der Waals surface area contributed by atoms with Gasteiger partial charge < -0.3 is 16.2 Å². The van der Waals surface area contributed by atoms with E-state index in [4.69, 9.17) is 10.8 Å². The van der Waals surface area contributed by atoms with Crippen LogP contribution in [0, 0.1) is 6.92 Å². The van der Waals surface area contributed by atoms with Crippen molar-refractivity contribution < 1.29 is 9.90 Å². The molecule has 0 saturated heterocycles. The zero-order valence-electron chi connectivity index (χ0n) is 11.9. The molecular formula is C13H20N4O2S. The molecule has 7 heteroatoms. The number of carbonyl (C=O) groups excluding carboxylic acids is 1. The topological polar surface area (TPSA) is 93.2 Å². The molecule has 4 N–H and O–H groups in total. The number of nitrogens with one attached hydrogen (secondary N) is 1. The van der Waals surface area contributed by atoms with E-state index in [-0.39, 0.29) is 18.6 Å². The molecule has 0 spiro atoms. The first-order chi connectivity index (χ1) is 9.45. The average molecular weight is 296 g/mol. The Morgan fingerprint density at radius 3 is 2.90 bits per heavy atom. The maximum atomic E-state index is 12.3. The van der Waals surface area contributed by atoms with Crippen LogP contribution in [0.1, 0.15) is 35.1 Å². The summed E-state index contributed by atoms with van der Waals surface area (Å²) in [4.78, 5) is 13.7. The quantitative estimate of drug-likeness (QED) is 0.778. The highest BCUT2D eigenvalue weighted by molar-refractivity contribution is 7.21. The van der Waals surface area contributed by atoms with Crippen molar-refractivity contribution in [2.24, 2.45) is 7.05 Å². The largest absolute Gasteiger partial charge is 0.397 e. The SMILES string of the molecule is Cc1nn(C)c2sc(C(=O)NC(C)CCCO)c(N)c12. The minimum Gasteiger partial charge on any atom is -0.397 e. The van der Waals surface area contributed by atoms with Crippen molar-refractivity contribution >= 4 is 33.1 Å². The number of nitrogens with zero attached hydrogens (tertiary/aromatic N) is 2. The van der Waals surface area contributed by atoms with Gasteiger partial charge in [0, 0.05) is 19.7 Å². The number of hydrogen-bond acceptors (Lipinski definition) is 5. The summed E-state index contributed by atoms with van der Waals surface area (Å²) >= 11 is 1.36. The normalized spacial score (nSPS) is 12.8. The lowest BCUT2D eigenvalue weighted by Crippen LogP contribution is -2.32. The van der Waals surface area contributed by atoms with Gasteiger partial charge in [-0.2, -0.15) is 5.10 Å². The molecule has 1 atom stereocenters. The van der Waals surface area contributed by atoms with E-state index in [1.807, 2.05) is 20.9 Å². The zero-order valence-corrected chi connectivity index (χ0v) is 12.8. The highest BCUT2D eigenvalue weighted by Gasteiger charge is 2.21. The highest BCUT2D eigenvalue weighted by Crippen LogP contribution is 2.35. The summed E-state index contributed by atoms with van der Waals surface area (Å²) in [5.41, 5.74) is 7.43. The molecule has 2 rings (SSSR count). The van der Waals surface area contributed by atoms with Crippen molar-refractivity contribution in [2.75, 3.05) is 12.3 Å². The second-order valence-electron chi connectivity index (χ2n) is 4.97. The third kappa shape index (κ3) is 2.64. The Morgan fingerprint density at radius 1 is 1.60 bits per heavy atom. The number of amides is 1. The minimum atomic E-state index is -0.159. The van der Waals surface area contributed by atoms with E-state index in [1.54, 1.807) is 4.68 Å². The van der Waals surface area contributed by atoms with Crippen LogP contribution in [-0.4, -0.2) is 33.4 Å². The van der Waals surface area contributed by atoms with Gasteiger partial charge in [0.15, 0.2) is 0 Å². The van der Waals surface area contributed by atoms with Crippen LogP contribution < -0.4 is 11.1 Å². The van der Waals surface area contributed by atoms with Gasteiger partial charge in [-0.1, -0.05) is 0 Å². The maximum absolute atomic E-state index is 12.3. The van der Waals surface area contributed by atoms with Crippen LogP contribution in [-0.2, 0) is 7.05 Å². The first-order valence-electron chi connectivity index (χ1n) is 6.59. The van der Waals surface area contributed by atoms with E-state index in [0.29, 0.717) is 17.0 Å². The lowest BCUT2D eigenvalue weighted by molar-refractivity contribution is 0.0941. The van der Waals surface area contributed by atoms with Crippen molar-refractivity contribution in [1.82, 2.24) is 15.1 Å². The molecule has 1 amide bonds. The van der Waals surface area contributed by atoms with E-state index in [2.05, 4.69) is 10.4 Å². The van der Waals surface area contributed by atoms with Crippen LogP contribution in [0.25, 0.3) is 10.2 Å². The molecule has 0 bridgehead atoms. The number of aliphatic hydroxyl groups excluding tert-OH is 1. The number of aliphatic hydroxyl groups is 1. The van der Waals surface area contributed by atoms with Crippen molar-refractivity contribution in [3.8, 4) is 0 Å². The second-order valence-corrected chi connectivity index (χ2v) is 5.97. The molecular weight excluding hydrogens is 276 g/mol. The third-order valence-corrected chi connectivity index (χ3v) is 4.53. The summed E-state index contributed by atoms with van der Waals surface area (Å²) in [6.45, 7) is 3.94. The van der Waals surface area contributed by atoms with Crippen LogP contribution in [0.2, 0.25) is 0 Å². The van der Waals surface area contributed by atoms with Gasteiger partial charge in [0.05, 0.1) is 16.8 Å². The molecule has 0 aliphatic carbocycles. The Bertz CT molecular complexity index is 632. The predicted molar refractivity (Wildman–Crippen MR) is 81.0 cm³/mol. The summed E-state index contributed by atoms with van der Waals surface area (Å²) < 4.78 is 1.75. The fourth-order valence-corrected chi connectivity index (χ4v) is 3.35. The number of nitrogens with two attached hydrogens (primary N) is 1. The Hall–Kier alpha value is -1.60. The Labute approximate surface area is 121 Å². The Kier molecular flexibility index (Phi) is 4.29. The number of aromatic nitrogens is 2. The van der Waals surface area contributed by atoms with Gasteiger partial charge >= 0.3 is 0 Å².